The first-order valence-electron chi connectivity index (χ1n) is 32.3. The van der Waals surface area contributed by atoms with Gasteiger partial charge in [0.2, 0.25) is 0 Å². The molecule has 0 amide bonds. The van der Waals surface area contributed by atoms with Gasteiger partial charge in [-0.05, 0) is 151 Å². The molecular formula is C86H52N10O2P2. The molecule has 100 heavy (non-hydrogen) atoms. The quantitative estimate of drug-likeness (QED) is 0.0988. The average Bonchev–Trinajstić information content (AvgIpc) is 1.55. The summed E-state index contributed by atoms with van der Waals surface area (Å²) in [6.45, 7) is 15.5. The Hall–Kier alpha value is -13.4. The number of rotatable bonds is 10. The van der Waals surface area contributed by atoms with Crippen LogP contribution < -0.4 is 31.8 Å². The minimum atomic E-state index is -3.67. The van der Waals surface area contributed by atoms with Gasteiger partial charge in [-0.3, -0.25) is 9.97 Å². The Morgan fingerprint density at radius 1 is 0.310 bits per heavy atom. The summed E-state index contributed by atoms with van der Waals surface area (Å²) >= 11 is 0. The Labute approximate surface area is 574 Å². The summed E-state index contributed by atoms with van der Waals surface area (Å²) in [5.41, 5.74) is 13.2. The maximum atomic E-state index is 16.8. The smallest absolute Gasteiger partial charge is 0.189 e. The normalized spacial score (nSPS) is 12.6. The Morgan fingerprint density at radius 3 is 1.21 bits per heavy atom. The van der Waals surface area contributed by atoms with E-state index in [1.165, 1.54) is 0 Å². The lowest BCUT2D eigenvalue weighted by Crippen LogP contribution is -2.26. The summed E-state index contributed by atoms with van der Waals surface area (Å²) in [5, 5.41) is 31.2. The summed E-state index contributed by atoms with van der Waals surface area (Å²) in [7, 11) is -7.11. The van der Waals surface area contributed by atoms with Gasteiger partial charge in [0.05, 0.1) is 98.8 Å². The fourth-order valence-electron chi connectivity index (χ4n) is 14.7. The number of nitriles is 2. The molecule has 0 spiro atoms. The molecule has 0 saturated carbocycles. The van der Waals surface area contributed by atoms with Crippen molar-refractivity contribution in [2.75, 3.05) is 0 Å². The van der Waals surface area contributed by atoms with E-state index in [9.17, 15) is 10.5 Å². The van der Waals surface area contributed by atoms with E-state index in [2.05, 4.69) is 98.6 Å². The van der Waals surface area contributed by atoms with Crippen LogP contribution in [0.1, 0.15) is 11.1 Å². The maximum Gasteiger partial charge on any atom is 0.189 e. The van der Waals surface area contributed by atoms with E-state index in [1.807, 2.05) is 249 Å². The van der Waals surface area contributed by atoms with Gasteiger partial charge in [0, 0.05) is 98.8 Å². The monoisotopic (exact) mass is 1320 g/mol. The number of hydrogen-bond donors (Lipinski definition) is 0. The molecule has 0 saturated heterocycles. The summed E-state index contributed by atoms with van der Waals surface area (Å²) in [6.07, 6.45) is 7.09. The van der Waals surface area contributed by atoms with Gasteiger partial charge in [-0.2, -0.15) is 10.5 Å². The van der Waals surface area contributed by atoms with Crippen molar-refractivity contribution in [2.45, 2.75) is 0 Å². The minimum Gasteiger partial charge on any atom is -0.309 e. The van der Waals surface area contributed by atoms with E-state index < -0.39 is 14.3 Å². The fourth-order valence-corrected chi connectivity index (χ4v) is 20.4. The highest BCUT2D eigenvalue weighted by atomic mass is 31.2. The highest BCUT2D eigenvalue weighted by molar-refractivity contribution is 7.86. The van der Waals surface area contributed by atoms with Gasteiger partial charge in [-0.1, -0.05) is 146 Å². The molecule has 2 atom stereocenters. The Balaban J connectivity index is 0.000000150. The lowest BCUT2D eigenvalue weighted by Gasteiger charge is -2.22. The zero-order valence-electron chi connectivity index (χ0n) is 53.2. The summed E-state index contributed by atoms with van der Waals surface area (Å²) in [6, 6.07) is 99.1. The molecule has 468 valence electrons. The van der Waals surface area contributed by atoms with Gasteiger partial charge in [-0.25, -0.2) is 9.69 Å². The Kier molecular flexibility index (Phi) is 14.7. The van der Waals surface area contributed by atoms with Gasteiger partial charge in [0.15, 0.2) is 25.7 Å². The van der Waals surface area contributed by atoms with Gasteiger partial charge >= 0.3 is 0 Å². The van der Waals surface area contributed by atoms with E-state index in [0.717, 1.165) is 115 Å². The molecule has 6 heterocycles. The first-order chi connectivity index (χ1) is 49.2. The van der Waals surface area contributed by atoms with Crippen molar-refractivity contribution in [1.82, 2.24) is 28.2 Å². The summed E-state index contributed by atoms with van der Waals surface area (Å²) in [5.74, 6) is 0. The molecule has 0 aliphatic carbocycles. The van der Waals surface area contributed by atoms with Crippen LogP contribution in [0.15, 0.2) is 316 Å². The molecule has 0 N–H and O–H groups in total. The highest BCUT2D eigenvalue weighted by Crippen LogP contribution is 2.51. The zero-order valence-corrected chi connectivity index (χ0v) is 55.0. The van der Waals surface area contributed by atoms with Gasteiger partial charge < -0.3 is 27.4 Å². The molecule has 0 bridgehead atoms. The SMILES string of the molecule is [C-]#[N+]c1ccc2c(c1)c1c(P(=O)(c3ccccc3)c3cccc4c3c3cc(C#N)ccc3n4-c3ccccc3)cccc1n2-c1ccccc1.[C-]#[N+]c1ccc2c3cc(P(=O)(c4ccccc4)c4ccc5c(c4)c4ccc(C#N)cc4n5-c4cccnc4)ccc3n(-c3cccnc3)c2c1. The highest BCUT2D eigenvalue weighted by Gasteiger charge is 2.37. The van der Waals surface area contributed by atoms with Gasteiger partial charge in [0.25, 0.3) is 0 Å². The molecule has 0 radical (unpaired) electrons. The lowest BCUT2D eigenvalue weighted by molar-refractivity contribution is 0.592. The molecule has 14 heteroatoms. The number of para-hydroxylation sites is 2. The van der Waals surface area contributed by atoms with Gasteiger partial charge in [0.1, 0.15) is 0 Å². The predicted molar refractivity (Wildman–Crippen MR) is 407 cm³/mol. The second-order valence-corrected chi connectivity index (χ2v) is 29.9. The molecule has 2 unspecified atom stereocenters. The third-order valence-electron chi connectivity index (χ3n) is 19.0. The molecule has 0 aliphatic rings. The molecule has 12 aromatic carbocycles. The molecule has 12 nitrogen and oxygen atoms in total. The maximum absolute atomic E-state index is 16.8. The van der Waals surface area contributed by atoms with Crippen molar-refractivity contribution in [2.24, 2.45) is 0 Å². The molecule has 6 aromatic heterocycles. The number of benzene rings is 12. The second kappa shape index (κ2) is 24.3. The van der Waals surface area contributed by atoms with Crippen molar-refractivity contribution in [1.29, 1.82) is 10.5 Å². The largest absolute Gasteiger partial charge is 0.309 e. The molecule has 0 aliphatic heterocycles. The van der Waals surface area contributed by atoms with E-state index in [1.54, 1.807) is 18.6 Å². The average molecular weight is 1320 g/mol. The summed E-state index contributed by atoms with van der Waals surface area (Å²) in [4.78, 5) is 16.2. The molecule has 18 rings (SSSR count). The van der Waals surface area contributed by atoms with Crippen LogP contribution in [-0.4, -0.2) is 28.2 Å². The Bertz CT molecular complexity index is 6280. The molecule has 0 fully saturated rings. The van der Waals surface area contributed by atoms with Gasteiger partial charge in [-0.15, -0.1) is 0 Å². The third-order valence-corrected chi connectivity index (χ3v) is 25.2. The van der Waals surface area contributed by atoms with Crippen LogP contribution in [0.5, 0.6) is 0 Å². The fraction of sp³-hybridized carbons (Fsp3) is 0. The van der Waals surface area contributed by atoms with Crippen LogP contribution in [0, 0.1) is 35.8 Å². The van der Waals surface area contributed by atoms with Crippen LogP contribution in [0.4, 0.5) is 11.4 Å². The minimum absolute atomic E-state index is 0.519. The number of pyridine rings is 2. The van der Waals surface area contributed by atoms with Crippen LogP contribution in [0.3, 0.4) is 0 Å². The van der Waals surface area contributed by atoms with E-state index in [4.69, 9.17) is 13.1 Å². The first-order valence-corrected chi connectivity index (χ1v) is 35.7. The van der Waals surface area contributed by atoms with Crippen LogP contribution in [0.25, 0.3) is 120 Å². The Morgan fingerprint density at radius 2 is 0.710 bits per heavy atom. The van der Waals surface area contributed by atoms with E-state index >= 15 is 9.13 Å². The second-order valence-electron chi connectivity index (χ2n) is 24.4. The molecular weight excluding hydrogens is 1270 g/mol. The zero-order chi connectivity index (χ0) is 67.6. The number of fused-ring (bicyclic) bond motifs is 12. The number of hydrogen-bond acceptors (Lipinski definition) is 6. The van der Waals surface area contributed by atoms with Crippen molar-refractivity contribution in [3.8, 4) is 34.9 Å². The number of nitrogens with zero attached hydrogens (tertiary/aromatic N) is 10. The van der Waals surface area contributed by atoms with E-state index in [-0.39, 0.29) is 0 Å². The van der Waals surface area contributed by atoms with Crippen LogP contribution in [-0.2, 0) is 9.13 Å². The van der Waals surface area contributed by atoms with Crippen molar-refractivity contribution >= 4 is 145 Å². The van der Waals surface area contributed by atoms with Crippen molar-refractivity contribution < 1.29 is 9.13 Å². The lowest BCUT2D eigenvalue weighted by atomic mass is 10.1. The van der Waals surface area contributed by atoms with Crippen LogP contribution >= 0.6 is 14.3 Å². The van der Waals surface area contributed by atoms with E-state index in [0.29, 0.717) is 49.0 Å². The summed E-state index contributed by atoms with van der Waals surface area (Å²) < 4.78 is 41.4. The van der Waals surface area contributed by atoms with Crippen molar-refractivity contribution in [3.05, 3.63) is 350 Å². The standard InChI is InChI=1S/C44H27N4OP.C42H25N6OP/c1-46-31-24-26-38-36(28-31)44-40(48(38)33-15-7-3-8-16-33)20-12-22-42(44)50(49,34-17-9-4-10-18-34)41-21-11-19-39-43(41)35-27-30(29-45)23-25-37(35)47(39)32-13-5-2-6-14-32;1-44-29-12-16-36-38-24-34(14-18-40(38)48(42(36)22-29)31-8-6-20-46-27-31)50(49,32-9-3-2-4-10-32)33-13-17-39-37(23-33)35-15-11-28(25-43)21-41(35)47(39)30-7-5-19-45-26-30/h2-28H;2-24,26-27H. The predicted octanol–water partition coefficient (Wildman–Crippen LogP) is 18.7. The van der Waals surface area contributed by atoms with Crippen LogP contribution in [0.2, 0.25) is 0 Å². The third kappa shape index (κ3) is 9.56. The topological polar surface area (TPSA) is 136 Å². The van der Waals surface area contributed by atoms with Crippen molar-refractivity contribution in [3.63, 3.8) is 0 Å². The molecule has 18 aromatic rings. The first kappa shape index (κ1) is 60.2. The number of aromatic nitrogens is 6.